The highest BCUT2D eigenvalue weighted by molar-refractivity contribution is 5.82. The Hall–Kier alpha value is -0.910. The number of nitrogens with zero attached hydrogens (tertiary/aromatic N) is 1. The summed E-state index contributed by atoms with van der Waals surface area (Å²) in [4.78, 5) is 13.2. The third kappa shape index (κ3) is 3.02. The Kier molecular flexibility index (Phi) is 5.53. The Labute approximate surface area is 166 Å². The molecule has 4 atom stereocenters. The molecule has 26 heavy (non-hydrogen) atoms. The molecule has 0 amide bonds. The zero-order chi connectivity index (χ0) is 17.7. The van der Waals surface area contributed by atoms with Crippen LogP contribution < -0.4 is 17.0 Å². The van der Waals surface area contributed by atoms with E-state index in [1.54, 1.807) is 0 Å². The summed E-state index contributed by atoms with van der Waals surface area (Å²) < 4.78 is 6.96. The summed E-state index contributed by atoms with van der Waals surface area (Å²) >= 11 is 0. The maximum atomic E-state index is 13.2. The van der Waals surface area contributed by atoms with Gasteiger partial charge in [-0.05, 0) is 18.4 Å². The van der Waals surface area contributed by atoms with Gasteiger partial charge in [0.1, 0.15) is 6.04 Å². The average Bonchev–Trinajstić information content (AvgIpc) is 3.30. The number of esters is 1. The van der Waals surface area contributed by atoms with Crippen LogP contribution in [0.15, 0.2) is 30.3 Å². The van der Waals surface area contributed by atoms with E-state index in [-0.39, 0.29) is 29.0 Å². The predicted molar refractivity (Wildman–Crippen MR) is 95.7 cm³/mol. The first kappa shape index (κ1) is 19.8. The Morgan fingerprint density at radius 2 is 1.77 bits per heavy atom. The zero-order valence-corrected chi connectivity index (χ0v) is 17.3. The molecule has 3 aliphatic rings. The molecule has 3 fully saturated rings. The molecule has 4 rings (SSSR count). The van der Waals surface area contributed by atoms with Gasteiger partial charge < -0.3 is 31.3 Å². The molecule has 2 heterocycles. The summed E-state index contributed by atoms with van der Waals surface area (Å²) in [6, 6.07) is 10.4. The van der Waals surface area contributed by atoms with Gasteiger partial charge in [-0.3, -0.25) is 0 Å². The van der Waals surface area contributed by atoms with Crippen molar-refractivity contribution in [3.05, 3.63) is 35.9 Å². The second-order valence-corrected chi connectivity index (χ2v) is 8.72. The topological polar surface area (TPSA) is 46.5 Å². The number of halogens is 1. The molecule has 1 aromatic rings. The molecule has 144 valence electrons. The van der Waals surface area contributed by atoms with E-state index in [1.807, 2.05) is 30.3 Å². The van der Waals surface area contributed by atoms with Gasteiger partial charge in [0.25, 0.3) is 0 Å². The van der Waals surface area contributed by atoms with Crippen LogP contribution in [-0.2, 0) is 15.1 Å². The lowest BCUT2D eigenvalue weighted by atomic mass is 9.80. The fraction of sp³-hybridized carbons (Fsp3) is 0.667. The summed E-state index contributed by atoms with van der Waals surface area (Å²) in [6.07, 6.45) is 7.13. The molecule has 1 aliphatic carbocycles. The van der Waals surface area contributed by atoms with E-state index >= 15 is 0 Å². The molecule has 2 aliphatic heterocycles. The van der Waals surface area contributed by atoms with E-state index in [0.717, 1.165) is 43.0 Å². The van der Waals surface area contributed by atoms with Crippen molar-refractivity contribution >= 4 is 5.97 Å². The van der Waals surface area contributed by atoms with Crippen molar-refractivity contribution in [2.24, 2.45) is 5.92 Å². The van der Waals surface area contributed by atoms with Crippen molar-refractivity contribution in [2.75, 3.05) is 14.1 Å². The normalized spacial score (nSPS) is 32.0. The van der Waals surface area contributed by atoms with E-state index < -0.39 is 11.6 Å². The van der Waals surface area contributed by atoms with Crippen LogP contribution >= 0.6 is 0 Å². The van der Waals surface area contributed by atoms with Gasteiger partial charge in [-0.25, -0.2) is 4.79 Å². The number of fused-ring (bicyclic) bond motifs is 2. The molecule has 1 saturated carbocycles. The summed E-state index contributed by atoms with van der Waals surface area (Å²) in [5, 5.41) is 11.5. The summed E-state index contributed by atoms with van der Waals surface area (Å²) in [6.45, 7) is 0. The molecule has 2 saturated heterocycles. The van der Waals surface area contributed by atoms with E-state index in [4.69, 9.17) is 4.74 Å². The van der Waals surface area contributed by atoms with Gasteiger partial charge in [-0.2, -0.15) is 0 Å². The highest BCUT2D eigenvalue weighted by Gasteiger charge is 2.58. The van der Waals surface area contributed by atoms with Gasteiger partial charge in [0.15, 0.2) is 11.7 Å². The zero-order valence-electron chi connectivity index (χ0n) is 15.7. The first-order valence-corrected chi connectivity index (χ1v) is 9.76. The number of rotatable bonds is 4. The van der Waals surface area contributed by atoms with Gasteiger partial charge in [0.05, 0.1) is 20.1 Å². The number of carbonyl (C=O) groups is 1. The Morgan fingerprint density at radius 1 is 1.12 bits per heavy atom. The monoisotopic (exact) mass is 423 g/mol. The van der Waals surface area contributed by atoms with Crippen molar-refractivity contribution in [1.82, 2.24) is 0 Å². The molecule has 0 radical (unpaired) electrons. The third-order valence-corrected chi connectivity index (χ3v) is 7.25. The maximum Gasteiger partial charge on any atom is 0.343 e. The van der Waals surface area contributed by atoms with E-state index in [9.17, 15) is 9.90 Å². The quantitative estimate of drug-likeness (QED) is 0.547. The number of hydrogen-bond donors (Lipinski definition) is 1. The maximum absolute atomic E-state index is 13.2. The molecule has 1 unspecified atom stereocenters. The molecule has 0 aromatic heterocycles. The standard InChI is InChI=1S/C21H30NO3.BrH/c1-22(2)17-12-13-18(22)19(14-17)25-20(23)21(24,16-10-6-7-11-16)15-8-4-3-5-9-15;/h3-5,8-9,16-19,24H,6-7,10-14H2,1-2H3;1H/q+1;/p-1/t17?,18-,19+,21+;/m0./s1. The number of ether oxygens (including phenoxy) is 1. The van der Waals surface area contributed by atoms with Crippen LogP contribution in [0.3, 0.4) is 0 Å². The van der Waals surface area contributed by atoms with E-state index in [0.29, 0.717) is 17.6 Å². The number of carbonyl (C=O) groups excluding carboxylic acids is 1. The van der Waals surface area contributed by atoms with E-state index in [2.05, 4.69) is 14.1 Å². The Morgan fingerprint density at radius 3 is 2.31 bits per heavy atom. The fourth-order valence-electron chi connectivity index (χ4n) is 5.64. The molecule has 4 nitrogen and oxygen atoms in total. The van der Waals surface area contributed by atoms with E-state index in [1.165, 1.54) is 6.42 Å². The van der Waals surface area contributed by atoms with Gasteiger partial charge in [-0.15, -0.1) is 0 Å². The summed E-state index contributed by atoms with van der Waals surface area (Å²) in [7, 11) is 4.49. The molecule has 1 N–H and O–H groups in total. The Balaban J connectivity index is 0.00000196. The van der Waals surface area contributed by atoms with Crippen LogP contribution in [0.4, 0.5) is 0 Å². The second kappa shape index (κ2) is 7.25. The first-order chi connectivity index (χ1) is 11.9. The summed E-state index contributed by atoms with van der Waals surface area (Å²) in [5.74, 6) is -0.466. The van der Waals surface area contributed by atoms with Crippen LogP contribution in [0, 0.1) is 5.92 Å². The minimum Gasteiger partial charge on any atom is -1.00 e. The molecular weight excluding hydrogens is 394 g/mol. The van der Waals surface area contributed by atoms with Gasteiger partial charge >= 0.3 is 5.97 Å². The number of hydrogen-bond acceptors (Lipinski definition) is 3. The number of likely N-dealkylation sites (N-methyl/N-ethyl adjacent to an activating group) is 1. The van der Waals surface area contributed by atoms with Crippen LogP contribution in [0.25, 0.3) is 0 Å². The molecule has 5 heteroatoms. The van der Waals surface area contributed by atoms with Crippen LogP contribution in [-0.4, -0.2) is 47.8 Å². The van der Waals surface area contributed by atoms with Crippen LogP contribution in [0.5, 0.6) is 0 Å². The van der Waals surface area contributed by atoms with Gasteiger partial charge in [-0.1, -0.05) is 43.2 Å². The van der Waals surface area contributed by atoms with Gasteiger partial charge in [0.2, 0.25) is 0 Å². The predicted octanol–water partition coefficient (Wildman–Crippen LogP) is -0.00870. The van der Waals surface area contributed by atoms with Crippen molar-refractivity contribution < 1.29 is 36.1 Å². The number of aliphatic hydroxyl groups is 1. The van der Waals surface area contributed by atoms with Crippen molar-refractivity contribution in [3.63, 3.8) is 0 Å². The minimum atomic E-state index is -1.50. The lowest BCUT2D eigenvalue weighted by Gasteiger charge is -2.35. The molecular formula is C21H30BrNO3. The van der Waals surface area contributed by atoms with Gasteiger partial charge in [0, 0.05) is 25.2 Å². The third-order valence-electron chi connectivity index (χ3n) is 7.25. The summed E-state index contributed by atoms with van der Waals surface area (Å²) in [5.41, 5.74) is -0.819. The highest BCUT2D eigenvalue weighted by Crippen LogP contribution is 2.46. The lowest BCUT2D eigenvalue weighted by molar-refractivity contribution is -0.913. The van der Waals surface area contributed by atoms with Crippen molar-refractivity contribution in [2.45, 2.75) is 68.7 Å². The fourth-order valence-corrected chi connectivity index (χ4v) is 5.64. The minimum absolute atomic E-state index is 0. The molecule has 1 aromatic carbocycles. The van der Waals surface area contributed by atoms with Crippen LogP contribution in [0.2, 0.25) is 0 Å². The average molecular weight is 424 g/mol. The van der Waals surface area contributed by atoms with Crippen LogP contribution in [0.1, 0.15) is 50.5 Å². The number of quaternary nitrogens is 1. The SMILES string of the molecule is C[N+]1(C)C2CC[C@H]1[C@H](OC(=O)[C@@](O)(c1ccccc1)C1CCCC1)C2.[Br-]. The molecule has 2 bridgehead atoms. The van der Waals surface area contributed by atoms with Crippen molar-refractivity contribution in [1.29, 1.82) is 0 Å². The first-order valence-electron chi connectivity index (χ1n) is 9.76. The Bertz CT molecular complexity index is 644. The lowest BCUT2D eigenvalue weighted by Crippen LogP contribution is -3.00. The highest BCUT2D eigenvalue weighted by atomic mass is 79.9. The van der Waals surface area contributed by atoms with Crippen molar-refractivity contribution in [3.8, 4) is 0 Å². The largest absolute Gasteiger partial charge is 1.00 e. The smallest absolute Gasteiger partial charge is 0.343 e. The second-order valence-electron chi connectivity index (χ2n) is 8.72. The molecule has 0 spiro atoms. The number of benzene rings is 1.